The molecule has 0 aliphatic carbocycles. The maximum Gasteiger partial charge on any atom is 2.00 e. The third-order valence-electron chi connectivity index (χ3n) is 0. The van der Waals surface area contributed by atoms with Crippen LogP contribution in [-0.2, 0) is 63.2 Å². The molecule has 0 saturated heterocycles. The second-order valence-corrected chi connectivity index (χ2v) is 0.500. The molecule has 0 aromatic heterocycles. The van der Waals surface area contributed by atoms with Crippen molar-refractivity contribution in [3.05, 3.63) is 0 Å². The quantitative estimate of drug-likeness (QED) is 0.236. The normalized spacial score (nSPS) is 3.69. The zero-order chi connectivity index (χ0) is 7.15. The number of hydrogen-bond acceptors (Lipinski definition) is 8. The van der Waals surface area contributed by atoms with Crippen LogP contribution < -0.4 is 20.4 Å². The van der Waals surface area contributed by atoms with Crippen molar-refractivity contribution in [1.82, 2.24) is 0 Å². The summed E-state index contributed by atoms with van der Waals surface area (Å²) in [5.41, 5.74) is 0. The van der Waals surface area contributed by atoms with Gasteiger partial charge in [-0.25, -0.2) is 0 Å². The van der Waals surface area contributed by atoms with Crippen LogP contribution in [0.5, 0.6) is 0 Å². The minimum atomic E-state index is -2.33. The van der Waals surface area contributed by atoms with Gasteiger partial charge in [-0.1, -0.05) is 0 Å². The van der Waals surface area contributed by atoms with Gasteiger partial charge >= 0.3 is 63.2 Å². The number of carbonyl (C=O) groups excluding carboxylic acids is 2. The Bertz CT molecular complexity index is 75.4. The molecule has 0 saturated carbocycles. The molecule has 11 heteroatoms. The summed E-state index contributed by atoms with van der Waals surface area (Å²) in [5, 5.41) is 33.3. The van der Waals surface area contributed by atoms with E-state index in [4.69, 9.17) is 30.0 Å². The van der Waals surface area contributed by atoms with Crippen molar-refractivity contribution >= 4 is 12.3 Å². The Morgan fingerprint density at radius 3 is 0.615 bits per heavy atom. The molecule has 0 rings (SSSR count). The summed E-state index contributed by atoms with van der Waals surface area (Å²) in [6.07, 6.45) is -4.67. The van der Waals surface area contributed by atoms with Crippen LogP contribution >= 0.6 is 0 Å². The first-order valence-corrected chi connectivity index (χ1v) is 1.22. The van der Waals surface area contributed by atoms with Crippen LogP contribution in [0.25, 0.3) is 0 Å². The molecule has 0 aliphatic rings. The molecule has 0 atom stereocenters. The van der Waals surface area contributed by atoms with Gasteiger partial charge in [-0.3, -0.25) is 0 Å². The van der Waals surface area contributed by atoms with Crippen molar-refractivity contribution in [2.75, 3.05) is 0 Å². The molecule has 88 valence electrons. The average molecular weight is 739 g/mol. The van der Waals surface area contributed by atoms with Gasteiger partial charge in [-0.15, -0.1) is 0 Å². The average Bonchev–Trinajstić information content (AvgIpc) is 1.25. The van der Waals surface area contributed by atoms with Gasteiger partial charge in [0.2, 0.25) is 0 Å². The number of carboxylic acid groups (broad SMARTS) is 4. The van der Waals surface area contributed by atoms with E-state index in [1.54, 1.807) is 0 Å². The van der Waals surface area contributed by atoms with E-state index in [0.29, 0.717) is 0 Å². The number of carbonyl (C=O) groups is 2. The Morgan fingerprint density at radius 1 is 0.615 bits per heavy atom. The summed E-state index contributed by atoms with van der Waals surface area (Å²) in [7, 11) is 0. The van der Waals surface area contributed by atoms with Gasteiger partial charge < -0.3 is 41.0 Å². The van der Waals surface area contributed by atoms with Crippen LogP contribution in [0.2, 0.25) is 0 Å². The maximum absolute atomic E-state index is 8.33. The molecule has 0 fully saturated rings. The van der Waals surface area contributed by atoms with Crippen molar-refractivity contribution in [2.45, 2.75) is 0 Å². The monoisotopic (exact) mass is 739 g/mol. The molecule has 2 N–H and O–H groups in total. The van der Waals surface area contributed by atoms with E-state index in [-0.39, 0.29) is 74.1 Å². The van der Waals surface area contributed by atoms with Crippen molar-refractivity contribution in [1.29, 1.82) is 0 Å². The van der Waals surface area contributed by atoms with Crippen LogP contribution in [0, 0.1) is 0 Å². The fourth-order valence-electron chi connectivity index (χ4n) is 0. The van der Waals surface area contributed by atoms with E-state index < -0.39 is 12.3 Å². The standard InChI is InChI=1S/2CH2O3.2H2O.3Pt/c2*2-1(3)4;;;;;/h2*(H2,2,3,4);2*1H2;;;/q;;;;3*+2/p-6. The molecule has 0 heterocycles. The number of rotatable bonds is 0. The van der Waals surface area contributed by atoms with E-state index in [2.05, 4.69) is 0 Å². The Kier molecular flexibility index (Phi) is 150. The predicted octanol–water partition coefficient (Wildman–Crippen LogP) is -5.26. The van der Waals surface area contributed by atoms with E-state index in [0.717, 1.165) is 0 Å². The molecule has 0 aromatic carbocycles. The van der Waals surface area contributed by atoms with Gasteiger partial charge in [0.15, 0.2) is 0 Å². The van der Waals surface area contributed by atoms with Gasteiger partial charge in [-0.05, 0) is 12.3 Å². The number of hydrogen-bond donors (Lipinski definition) is 0. The van der Waals surface area contributed by atoms with Gasteiger partial charge in [-0.2, -0.15) is 0 Å². The fraction of sp³-hybridized carbons (Fsp3) is 0. The molecular weight excluding hydrogens is 737 g/mol. The smallest absolute Gasteiger partial charge is 0.870 e. The summed E-state index contributed by atoms with van der Waals surface area (Å²) in [5.74, 6) is 0. The fourth-order valence-corrected chi connectivity index (χ4v) is 0. The molecule has 0 unspecified atom stereocenters. The molecule has 0 amide bonds. The summed E-state index contributed by atoms with van der Waals surface area (Å²) >= 11 is 0. The van der Waals surface area contributed by atoms with E-state index in [9.17, 15) is 0 Å². The van der Waals surface area contributed by atoms with Crippen molar-refractivity contribution in [3.8, 4) is 0 Å². The largest absolute Gasteiger partial charge is 2.00 e. The third-order valence-corrected chi connectivity index (χ3v) is 0. The van der Waals surface area contributed by atoms with Crippen LogP contribution in [0.1, 0.15) is 0 Å². The Hall–Kier alpha value is 0.525. The van der Waals surface area contributed by atoms with Crippen molar-refractivity contribution in [3.63, 3.8) is 0 Å². The van der Waals surface area contributed by atoms with Crippen LogP contribution in [0.15, 0.2) is 0 Å². The van der Waals surface area contributed by atoms with Crippen LogP contribution in [0.3, 0.4) is 0 Å². The minimum absolute atomic E-state index is 0. The molecular formula is C2H2O8Pt3. The zero-order valence-corrected chi connectivity index (χ0v) is 12.1. The Balaban J connectivity index is -0.00000000800. The Morgan fingerprint density at radius 2 is 0.615 bits per heavy atom. The zero-order valence-electron chi connectivity index (χ0n) is 5.29. The molecule has 8 nitrogen and oxygen atoms in total. The molecule has 13 heavy (non-hydrogen) atoms. The predicted molar refractivity (Wildman–Crippen MR) is 14.7 cm³/mol. The SMILES string of the molecule is O=C([O-])[O-].O=C([O-])[O-].[OH-].[OH-].[Pt+2].[Pt+2].[Pt+2]. The molecule has 0 bridgehead atoms. The van der Waals surface area contributed by atoms with Gasteiger partial charge in [0, 0.05) is 0 Å². The summed E-state index contributed by atoms with van der Waals surface area (Å²) in [6.45, 7) is 0. The summed E-state index contributed by atoms with van der Waals surface area (Å²) < 4.78 is 0. The molecule has 0 aromatic rings. The van der Waals surface area contributed by atoms with E-state index in [1.807, 2.05) is 0 Å². The third kappa shape index (κ3) is 5040. The maximum atomic E-state index is 8.33. The summed E-state index contributed by atoms with van der Waals surface area (Å²) in [4.78, 5) is 16.7. The first kappa shape index (κ1) is 49.8. The van der Waals surface area contributed by atoms with Crippen LogP contribution in [-0.4, -0.2) is 23.3 Å². The van der Waals surface area contributed by atoms with Gasteiger partial charge in [0.1, 0.15) is 0 Å². The first-order chi connectivity index (χ1) is 3.46. The van der Waals surface area contributed by atoms with Gasteiger partial charge in [0.25, 0.3) is 0 Å². The van der Waals surface area contributed by atoms with E-state index >= 15 is 0 Å². The van der Waals surface area contributed by atoms with E-state index in [1.165, 1.54) is 0 Å². The molecule has 0 aliphatic heterocycles. The van der Waals surface area contributed by atoms with Crippen molar-refractivity contribution < 1.29 is 104 Å². The van der Waals surface area contributed by atoms with Crippen molar-refractivity contribution in [2.24, 2.45) is 0 Å². The van der Waals surface area contributed by atoms with Gasteiger partial charge in [0.05, 0.1) is 0 Å². The molecule has 0 spiro atoms. The first-order valence-electron chi connectivity index (χ1n) is 1.22. The van der Waals surface area contributed by atoms with Crippen LogP contribution in [0.4, 0.5) is 9.59 Å². The Labute approximate surface area is 116 Å². The second kappa shape index (κ2) is 39.1. The second-order valence-electron chi connectivity index (χ2n) is 0.500. The molecule has 0 radical (unpaired) electrons. The minimum Gasteiger partial charge on any atom is -0.870 e. The topological polar surface area (TPSA) is 186 Å². The summed E-state index contributed by atoms with van der Waals surface area (Å²) in [6, 6.07) is 0.